The van der Waals surface area contributed by atoms with E-state index in [0.717, 1.165) is 6.54 Å². The second-order valence-corrected chi connectivity index (χ2v) is 3.48. The van der Waals surface area contributed by atoms with E-state index in [1.807, 2.05) is 0 Å². The summed E-state index contributed by atoms with van der Waals surface area (Å²) in [5.74, 6) is 0. The molecule has 4 nitrogen and oxygen atoms in total. The fourth-order valence-electron chi connectivity index (χ4n) is 0.250. The first-order valence-corrected chi connectivity index (χ1v) is 4.89. The van der Waals surface area contributed by atoms with Gasteiger partial charge in [-0.1, -0.05) is 13.3 Å². The lowest BCUT2D eigenvalue weighted by molar-refractivity contribution is -0.368. The molecule has 0 heterocycles. The van der Waals surface area contributed by atoms with E-state index in [1.165, 1.54) is 12.8 Å². The second-order valence-electron chi connectivity index (χ2n) is 2.11. The van der Waals surface area contributed by atoms with Gasteiger partial charge >= 0.3 is 5.51 Å². The van der Waals surface area contributed by atoms with Crippen LogP contribution in [0.2, 0.25) is 0 Å². The van der Waals surface area contributed by atoms with Gasteiger partial charge in [-0.05, 0) is 6.42 Å². The zero-order valence-electron chi connectivity index (χ0n) is 7.10. The highest BCUT2D eigenvalue weighted by Crippen LogP contribution is 2.20. The summed E-state index contributed by atoms with van der Waals surface area (Å²) >= 11 is 0. The van der Waals surface area contributed by atoms with Gasteiger partial charge in [0.15, 0.2) is 10.1 Å². The average Bonchev–Trinajstić information content (AvgIpc) is 1.85. The third-order valence-electron chi connectivity index (χ3n) is 0.887. The molecule has 0 unspecified atom stereocenters. The summed E-state index contributed by atoms with van der Waals surface area (Å²) in [5.41, 5.74) is -1.97. The van der Waals surface area contributed by atoms with Crippen molar-refractivity contribution in [2.24, 2.45) is 0 Å². The predicted octanol–water partition coefficient (Wildman–Crippen LogP) is 0.0798. The Morgan fingerprint density at radius 3 is 1.69 bits per heavy atom. The van der Waals surface area contributed by atoms with Crippen LogP contribution < -0.4 is 5.73 Å². The van der Waals surface area contributed by atoms with E-state index in [1.54, 1.807) is 0 Å². The molecule has 0 aromatic rings. The fourth-order valence-corrected chi connectivity index (χ4v) is 0.250. The first-order chi connectivity index (χ1) is 5.66. The van der Waals surface area contributed by atoms with Gasteiger partial charge in [0, 0.05) is 0 Å². The Hall–Kier alpha value is -0.340. The zero-order chi connectivity index (χ0) is 11.1. The van der Waals surface area contributed by atoms with Gasteiger partial charge in [0.05, 0.1) is 6.54 Å². The van der Waals surface area contributed by atoms with Gasteiger partial charge in [-0.15, -0.1) is 0 Å². The number of alkyl halides is 3. The Morgan fingerprint density at radius 1 is 1.38 bits per heavy atom. The van der Waals surface area contributed by atoms with Crippen LogP contribution in [-0.4, -0.2) is 25.0 Å². The van der Waals surface area contributed by atoms with Crippen molar-refractivity contribution in [3.05, 3.63) is 0 Å². The molecule has 0 atom stereocenters. The Balaban J connectivity index is 0. The van der Waals surface area contributed by atoms with E-state index >= 15 is 0 Å². The minimum Gasteiger partial charge on any atom is -0.741 e. The van der Waals surface area contributed by atoms with Gasteiger partial charge < -0.3 is 10.3 Å². The lowest BCUT2D eigenvalue weighted by Crippen LogP contribution is -2.49. The molecular weight excluding hydrogens is 211 g/mol. The van der Waals surface area contributed by atoms with Crippen molar-refractivity contribution in [2.45, 2.75) is 25.3 Å². The van der Waals surface area contributed by atoms with Crippen LogP contribution >= 0.6 is 0 Å². The smallest absolute Gasteiger partial charge is 0.485 e. The number of unbranched alkanes of at least 4 members (excludes halogenated alkanes) is 1. The molecule has 0 saturated carbocycles. The first-order valence-electron chi connectivity index (χ1n) is 3.48. The standard InChI is InChI=1S/C4H11N.CHF3O3S/c1-2-3-4-5;2-1(3,4)8(5,6)7/h2-5H2,1H3;(H,5,6,7). The average molecular weight is 223 g/mol. The van der Waals surface area contributed by atoms with Crippen LogP contribution in [0.5, 0.6) is 0 Å². The molecule has 0 radical (unpaired) electrons. The maximum atomic E-state index is 10.7. The molecule has 0 rings (SSSR count). The Labute approximate surface area is 74.7 Å². The fraction of sp³-hybridized carbons (Fsp3) is 1.00. The molecule has 0 aliphatic heterocycles. The minimum absolute atomic E-state index is 1.09. The van der Waals surface area contributed by atoms with Crippen molar-refractivity contribution >= 4 is 10.1 Å². The lowest BCUT2D eigenvalue weighted by atomic mass is 10.3. The summed E-state index contributed by atoms with van der Waals surface area (Å²) in [4.78, 5) is 0. The molecule has 0 aromatic heterocycles. The molecule has 3 N–H and O–H groups in total. The molecule has 0 fully saturated rings. The summed E-state index contributed by atoms with van der Waals surface area (Å²) in [6.45, 7) is 3.27. The molecule has 13 heavy (non-hydrogen) atoms. The summed E-state index contributed by atoms with van der Waals surface area (Å²) < 4.78 is 58.9. The normalized spacial score (nSPS) is 11.8. The molecule has 0 amide bonds. The van der Waals surface area contributed by atoms with E-state index < -0.39 is 15.6 Å². The topological polar surface area (TPSA) is 84.8 Å². The third-order valence-corrected chi connectivity index (χ3v) is 1.45. The quantitative estimate of drug-likeness (QED) is 0.531. The van der Waals surface area contributed by atoms with Gasteiger partial charge in [0.1, 0.15) is 0 Å². The number of halogens is 3. The molecule has 0 bridgehead atoms. The highest BCUT2D eigenvalue weighted by atomic mass is 32.2. The van der Waals surface area contributed by atoms with Gasteiger partial charge in [-0.2, -0.15) is 13.2 Å². The maximum Gasteiger partial charge on any atom is 0.485 e. The van der Waals surface area contributed by atoms with Crippen molar-refractivity contribution < 1.29 is 31.9 Å². The van der Waals surface area contributed by atoms with E-state index in [4.69, 9.17) is 13.0 Å². The summed E-state index contributed by atoms with van der Waals surface area (Å²) in [6, 6.07) is 0. The van der Waals surface area contributed by atoms with Crippen LogP contribution in [0.15, 0.2) is 0 Å². The highest BCUT2D eigenvalue weighted by Gasteiger charge is 2.36. The summed E-state index contributed by atoms with van der Waals surface area (Å²) in [6.07, 6.45) is 2.56. The molecular formula is C5H12F3NO3S. The largest absolute Gasteiger partial charge is 0.741 e. The van der Waals surface area contributed by atoms with Crippen LogP contribution in [0.1, 0.15) is 19.8 Å². The maximum absolute atomic E-state index is 10.7. The van der Waals surface area contributed by atoms with E-state index in [-0.39, 0.29) is 0 Å². The van der Waals surface area contributed by atoms with Crippen LogP contribution in [-0.2, 0) is 10.1 Å². The molecule has 0 aromatic carbocycles. The summed E-state index contributed by atoms with van der Waals surface area (Å²) in [7, 11) is -6.09. The van der Waals surface area contributed by atoms with Crippen LogP contribution in [0, 0.1) is 0 Å². The van der Waals surface area contributed by atoms with Gasteiger partial charge in [0.2, 0.25) is 0 Å². The van der Waals surface area contributed by atoms with Gasteiger partial charge in [-0.3, -0.25) is 0 Å². The van der Waals surface area contributed by atoms with Crippen molar-refractivity contribution in [2.75, 3.05) is 6.54 Å². The predicted molar refractivity (Wildman–Crippen MR) is 38.4 cm³/mol. The molecule has 0 spiro atoms. The van der Waals surface area contributed by atoms with Crippen molar-refractivity contribution in [3.63, 3.8) is 0 Å². The van der Waals surface area contributed by atoms with Gasteiger partial charge in [0.25, 0.3) is 0 Å². The molecule has 0 aliphatic rings. The van der Waals surface area contributed by atoms with Crippen molar-refractivity contribution in [1.82, 2.24) is 0 Å². The molecule has 82 valence electrons. The molecule has 8 heteroatoms. The SMILES string of the molecule is CCCC[NH3+].O=S(=O)([O-])C(F)(F)F. The first kappa shape index (κ1) is 15.1. The van der Waals surface area contributed by atoms with Crippen LogP contribution in [0.4, 0.5) is 13.2 Å². The number of hydrogen-bond acceptors (Lipinski definition) is 3. The zero-order valence-corrected chi connectivity index (χ0v) is 7.91. The Bertz CT molecular complexity index is 210. The van der Waals surface area contributed by atoms with E-state index in [9.17, 15) is 13.2 Å². The van der Waals surface area contributed by atoms with Gasteiger partial charge in [-0.25, -0.2) is 8.42 Å². The minimum atomic E-state index is -6.09. The van der Waals surface area contributed by atoms with E-state index in [0.29, 0.717) is 0 Å². The lowest BCUT2D eigenvalue weighted by Gasteiger charge is -2.08. The summed E-state index contributed by atoms with van der Waals surface area (Å²) in [5, 5.41) is 0. The number of rotatable bonds is 2. The van der Waals surface area contributed by atoms with Crippen molar-refractivity contribution in [3.8, 4) is 0 Å². The Morgan fingerprint density at radius 2 is 1.69 bits per heavy atom. The van der Waals surface area contributed by atoms with Crippen LogP contribution in [0.3, 0.4) is 0 Å². The third kappa shape index (κ3) is 9.57. The molecule has 0 aliphatic carbocycles. The molecule has 0 saturated heterocycles. The monoisotopic (exact) mass is 223 g/mol. The number of quaternary nitrogens is 1. The highest BCUT2D eigenvalue weighted by molar-refractivity contribution is 7.86. The van der Waals surface area contributed by atoms with Crippen LogP contribution in [0.25, 0.3) is 0 Å². The van der Waals surface area contributed by atoms with E-state index in [2.05, 4.69) is 12.7 Å². The number of hydrogen-bond donors (Lipinski definition) is 1. The Kier molecular flexibility index (Phi) is 7.18. The van der Waals surface area contributed by atoms with Crippen molar-refractivity contribution in [1.29, 1.82) is 0 Å². The second kappa shape index (κ2) is 6.17.